The number of rotatable bonds is 9. The summed E-state index contributed by atoms with van der Waals surface area (Å²) in [6.07, 6.45) is 1.40. The highest BCUT2D eigenvalue weighted by molar-refractivity contribution is 7.99. The van der Waals surface area contributed by atoms with Gasteiger partial charge in [-0.1, -0.05) is 37.3 Å². The molecule has 0 radical (unpaired) electrons. The molecule has 0 bridgehead atoms. The van der Waals surface area contributed by atoms with Crippen molar-refractivity contribution in [3.63, 3.8) is 0 Å². The number of benzene rings is 2. The molecule has 7 heteroatoms. The van der Waals surface area contributed by atoms with Crippen molar-refractivity contribution in [1.82, 2.24) is 10.2 Å². The number of methoxy groups -OCH3 is 1. The second kappa shape index (κ2) is 12.4. The smallest absolute Gasteiger partial charge is 0.407 e. The number of alkyl carbamates (subject to hydrolysis) is 1. The second-order valence-electron chi connectivity index (χ2n) is 8.16. The largest absolute Gasteiger partial charge is 0.497 e. The molecular formula is C25H32N2O4S. The Kier molecular flexibility index (Phi) is 9.28. The molecule has 2 aromatic carbocycles. The van der Waals surface area contributed by atoms with E-state index in [1.54, 1.807) is 18.9 Å². The molecule has 32 heavy (non-hydrogen) atoms. The highest BCUT2D eigenvalue weighted by Crippen LogP contribution is 2.24. The van der Waals surface area contributed by atoms with Crippen LogP contribution in [-0.2, 0) is 16.1 Å². The lowest BCUT2D eigenvalue weighted by molar-refractivity contribution is -0.131. The molecule has 6 nitrogen and oxygen atoms in total. The molecule has 3 rings (SSSR count). The summed E-state index contributed by atoms with van der Waals surface area (Å²) in [4.78, 5) is 27.9. The van der Waals surface area contributed by atoms with Crippen molar-refractivity contribution in [2.24, 2.45) is 5.92 Å². The van der Waals surface area contributed by atoms with Gasteiger partial charge in [0, 0.05) is 36.2 Å². The highest BCUT2D eigenvalue weighted by Gasteiger charge is 2.25. The van der Waals surface area contributed by atoms with Crippen molar-refractivity contribution in [2.75, 3.05) is 26.0 Å². The Morgan fingerprint density at radius 2 is 1.91 bits per heavy atom. The van der Waals surface area contributed by atoms with Crippen LogP contribution in [0.1, 0.15) is 31.7 Å². The summed E-state index contributed by atoms with van der Waals surface area (Å²) >= 11 is 1.79. The Labute approximate surface area is 194 Å². The molecule has 1 saturated heterocycles. The number of hydrogen-bond acceptors (Lipinski definition) is 5. The maximum absolute atomic E-state index is 12.6. The summed E-state index contributed by atoms with van der Waals surface area (Å²) < 4.78 is 10.5. The van der Waals surface area contributed by atoms with Crippen molar-refractivity contribution >= 4 is 23.8 Å². The van der Waals surface area contributed by atoms with Gasteiger partial charge in [0.1, 0.15) is 12.4 Å². The molecule has 1 N–H and O–H groups in total. The Hall–Kier alpha value is -2.67. The Balaban J connectivity index is 1.39. The van der Waals surface area contributed by atoms with Gasteiger partial charge in [-0.3, -0.25) is 4.79 Å². The molecule has 1 heterocycles. The van der Waals surface area contributed by atoms with Crippen LogP contribution < -0.4 is 10.1 Å². The SMILES string of the molecule is COc1ccc(SC[C@H](C)CN2CC[C@H](NC(=O)OCc3ccccc3)CCC2=O)cc1. The molecule has 172 valence electrons. The first-order valence-corrected chi connectivity index (χ1v) is 12.0. The first-order chi connectivity index (χ1) is 15.5. The van der Waals surface area contributed by atoms with Gasteiger partial charge in [-0.2, -0.15) is 0 Å². The van der Waals surface area contributed by atoms with E-state index >= 15 is 0 Å². The van der Waals surface area contributed by atoms with E-state index < -0.39 is 6.09 Å². The van der Waals surface area contributed by atoms with Crippen LogP contribution in [0.3, 0.4) is 0 Å². The van der Waals surface area contributed by atoms with Crippen LogP contribution >= 0.6 is 11.8 Å². The Bertz CT molecular complexity index is 860. The molecule has 0 saturated carbocycles. The summed E-state index contributed by atoms with van der Waals surface area (Å²) in [6, 6.07) is 17.6. The minimum absolute atomic E-state index is 0.0452. The highest BCUT2D eigenvalue weighted by atomic mass is 32.2. The molecule has 0 aliphatic carbocycles. The first-order valence-electron chi connectivity index (χ1n) is 11.1. The molecule has 2 amide bonds. The predicted molar refractivity (Wildman–Crippen MR) is 127 cm³/mol. The van der Waals surface area contributed by atoms with Crippen molar-refractivity contribution in [3.8, 4) is 5.75 Å². The average molecular weight is 457 g/mol. The van der Waals surface area contributed by atoms with Gasteiger partial charge in [0.05, 0.1) is 7.11 Å². The van der Waals surface area contributed by atoms with Crippen LogP contribution in [-0.4, -0.2) is 48.9 Å². The molecule has 2 aromatic rings. The maximum atomic E-state index is 12.6. The van der Waals surface area contributed by atoms with E-state index in [-0.39, 0.29) is 18.6 Å². The lowest BCUT2D eigenvalue weighted by atomic mass is 10.1. The first kappa shape index (κ1) is 24.0. The van der Waals surface area contributed by atoms with E-state index in [4.69, 9.17) is 9.47 Å². The molecule has 1 aliphatic rings. The topological polar surface area (TPSA) is 67.9 Å². The molecule has 1 fully saturated rings. The third-order valence-electron chi connectivity index (χ3n) is 5.47. The van der Waals surface area contributed by atoms with E-state index in [0.717, 1.165) is 30.0 Å². The number of nitrogens with one attached hydrogen (secondary N) is 1. The summed E-state index contributed by atoms with van der Waals surface area (Å²) in [7, 11) is 1.66. The van der Waals surface area contributed by atoms with Gasteiger partial charge in [-0.05, 0) is 48.6 Å². The minimum Gasteiger partial charge on any atom is -0.497 e. The minimum atomic E-state index is -0.427. The number of ether oxygens (including phenoxy) is 2. The van der Waals surface area contributed by atoms with Gasteiger partial charge >= 0.3 is 6.09 Å². The van der Waals surface area contributed by atoms with E-state index in [0.29, 0.717) is 25.3 Å². The van der Waals surface area contributed by atoms with E-state index in [1.807, 2.05) is 47.4 Å². The third-order valence-corrected chi connectivity index (χ3v) is 6.81. The van der Waals surface area contributed by atoms with Gasteiger partial charge in [-0.25, -0.2) is 4.79 Å². The molecule has 0 aromatic heterocycles. The number of hydrogen-bond donors (Lipinski definition) is 1. The number of carbonyl (C=O) groups is 2. The fourth-order valence-electron chi connectivity index (χ4n) is 3.64. The quantitative estimate of drug-likeness (QED) is 0.553. The second-order valence-corrected chi connectivity index (χ2v) is 9.26. The van der Waals surface area contributed by atoms with Crippen molar-refractivity contribution < 1.29 is 19.1 Å². The van der Waals surface area contributed by atoms with Crippen LogP contribution in [0.15, 0.2) is 59.5 Å². The number of thioether (sulfide) groups is 1. The lowest BCUT2D eigenvalue weighted by Crippen LogP contribution is -2.37. The zero-order valence-electron chi connectivity index (χ0n) is 18.8. The van der Waals surface area contributed by atoms with Crippen molar-refractivity contribution in [2.45, 2.75) is 43.7 Å². The zero-order valence-corrected chi connectivity index (χ0v) is 19.6. The van der Waals surface area contributed by atoms with Gasteiger partial charge in [0.25, 0.3) is 0 Å². The third kappa shape index (κ3) is 7.79. The fourth-order valence-corrected chi connectivity index (χ4v) is 4.56. The van der Waals surface area contributed by atoms with Crippen LogP contribution in [0.5, 0.6) is 5.75 Å². The molecule has 0 spiro atoms. The Morgan fingerprint density at radius 3 is 2.62 bits per heavy atom. The summed E-state index contributed by atoms with van der Waals surface area (Å²) in [5, 5.41) is 2.93. The van der Waals surface area contributed by atoms with Gasteiger partial charge < -0.3 is 19.7 Å². The number of nitrogens with zero attached hydrogens (tertiary/aromatic N) is 1. The monoisotopic (exact) mass is 456 g/mol. The number of likely N-dealkylation sites (tertiary alicyclic amines) is 1. The normalized spacial score (nSPS) is 17.4. The van der Waals surface area contributed by atoms with Crippen LogP contribution in [0.25, 0.3) is 0 Å². The van der Waals surface area contributed by atoms with Gasteiger partial charge in [-0.15, -0.1) is 11.8 Å². The molecule has 0 unspecified atom stereocenters. The average Bonchev–Trinajstić information content (AvgIpc) is 2.99. The summed E-state index contributed by atoms with van der Waals surface area (Å²) in [5.74, 6) is 2.31. The number of amides is 2. The van der Waals surface area contributed by atoms with Gasteiger partial charge in [0.15, 0.2) is 0 Å². The summed E-state index contributed by atoms with van der Waals surface area (Å²) in [5.41, 5.74) is 0.950. The van der Waals surface area contributed by atoms with E-state index in [9.17, 15) is 9.59 Å². The lowest BCUT2D eigenvalue weighted by Gasteiger charge is -2.24. The standard InChI is InChI=1S/C25H32N2O4S/c1-19(18-32-23-11-9-22(30-2)10-12-23)16-27-15-14-21(8-13-24(27)28)26-25(29)31-17-20-6-4-3-5-7-20/h3-7,9-12,19,21H,8,13-18H2,1-2H3,(H,26,29)/t19-,21-/m1/s1. The Morgan fingerprint density at radius 1 is 1.16 bits per heavy atom. The van der Waals surface area contributed by atoms with E-state index in [2.05, 4.69) is 24.4 Å². The number of carbonyl (C=O) groups excluding carboxylic acids is 2. The molecule has 2 atom stereocenters. The maximum Gasteiger partial charge on any atom is 0.407 e. The van der Waals surface area contributed by atoms with E-state index in [1.165, 1.54) is 4.90 Å². The molecular weight excluding hydrogens is 424 g/mol. The predicted octanol–water partition coefficient (Wildman–Crippen LogP) is 4.73. The zero-order chi connectivity index (χ0) is 22.8. The fraction of sp³-hybridized carbons (Fsp3) is 0.440. The van der Waals surface area contributed by atoms with Crippen LogP contribution in [0.4, 0.5) is 4.79 Å². The summed E-state index contributed by atoms with van der Waals surface area (Å²) in [6.45, 7) is 3.80. The van der Waals surface area contributed by atoms with Crippen molar-refractivity contribution in [3.05, 3.63) is 60.2 Å². The van der Waals surface area contributed by atoms with Crippen molar-refractivity contribution in [1.29, 1.82) is 0 Å². The molecule has 1 aliphatic heterocycles. The van der Waals surface area contributed by atoms with Gasteiger partial charge in [0.2, 0.25) is 5.91 Å². The van der Waals surface area contributed by atoms with Crippen LogP contribution in [0.2, 0.25) is 0 Å². The van der Waals surface area contributed by atoms with Crippen LogP contribution in [0, 0.1) is 5.92 Å².